The number of rotatable bonds is 3. The van der Waals surface area contributed by atoms with Crippen molar-refractivity contribution in [2.45, 2.75) is 19.9 Å². The molecule has 19 heavy (non-hydrogen) atoms. The lowest BCUT2D eigenvalue weighted by molar-refractivity contribution is 0.494. The summed E-state index contributed by atoms with van der Waals surface area (Å²) in [6, 6.07) is 8.17. The lowest BCUT2D eigenvalue weighted by Gasteiger charge is -2.17. The Labute approximate surface area is 110 Å². The molecule has 100 valence electrons. The molecule has 1 N–H and O–H groups in total. The standard InChI is InChI=1S/C15H14F3N/c1-9-8-11(6-7-13(9)16)19-10(2)12-4-3-5-14(17)15(12)18/h3-8,10,19H,1-2H3. The number of hydrogen-bond acceptors (Lipinski definition) is 1. The smallest absolute Gasteiger partial charge is 0.164 e. The molecule has 0 saturated carbocycles. The topological polar surface area (TPSA) is 12.0 Å². The van der Waals surface area contributed by atoms with Crippen molar-refractivity contribution < 1.29 is 13.2 Å². The molecule has 0 aliphatic heterocycles. The number of aryl methyl sites for hydroxylation is 1. The van der Waals surface area contributed by atoms with Crippen molar-refractivity contribution in [1.82, 2.24) is 0 Å². The van der Waals surface area contributed by atoms with Crippen LogP contribution in [0.4, 0.5) is 18.9 Å². The Bertz CT molecular complexity index is 596. The summed E-state index contributed by atoms with van der Waals surface area (Å²) < 4.78 is 39.9. The number of nitrogens with one attached hydrogen (secondary N) is 1. The van der Waals surface area contributed by atoms with Crippen molar-refractivity contribution in [3.63, 3.8) is 0 Å². The van der Waals surface area contributed by atoms with Gasteiger partial charge in [0.15, 0.2) is 11.6 Å². The fourth-order valence-corrected chi connectivity index (χ4v) is 1.92. The summed E-state index contributed by atoms with van der Waals surface area (Å²) in [5, 5.41) is 3.02. The van der Waals surface area contributed by atoms with Crippen LogP contribution in [0.1, 0.15) is 24.1 Å². The van der Waals surface area contributed by atoms with Gasteiger partial charge in [-0.05, 0) is 43.7 Å². The molecule has 2 aromatic carbocycles. The molecular weight excluding hydrogens is 251 g/mol. The van der Waals surface area contributed by atoms with Gasteiger partial charge in [0.05, 0.1) is 6.04 Å². The highest BCUT2D eigenvalue weighted by Gasteiger charge is 2.14. The molecule has 4 heteroatoms. The fourth-order valence-electron chi connectivity index (χ4n) is 1.92. The molecule has 0 aliphatic rings. The lowest BCUT2D eigenvalue weighted by atomic mass is 10.1. The Hall–Kier alpha value is -1.97. The molecule has 1 nitrogen and oxygen atoms in total. The van der Waals surface area contributed by atoms with Crippen molar-refractivity contribution in [2.24, 2.45) is 0 Å². The Morgan fingerprint density at radius 1 is 1.00 bits per heavy atom. The van der Waals surface area contributed by atoms with Gasteiger partial charge in [0.2, 0.25) is 0 Å². The molecule has 0 saturated heterocycles. The Balaban J connectivity index is 2.23. The molecule has 1 unspecified atom stereocenters. The van der Waals surface area contributed by atoms with Gasteiger partial charge in [-0.15, -0.1) is 0 Å². The first kappa shape index (κ1) is 13.5. The van der Waals surface area contributed by atoms with Crippen LogP contribution in [0.25, 0.3) is 0 Å². The van der Waals surface area contributed by atoms with E-state index in [9.17, 15) is 13.2 Å². The molecule has 1 atom stereocenters. The van der Waals surface area contributed by atoms with Crippen LogP contribution in [0.5, 0.6) is 0 Å². The van der Waals surface area contributed by atoms with Gasteiger partial charge >= 0.3 is 0 Å². The molecule has 0 aromatic heterocycles. The monoisotopic (exact) mass is 265 g/mol. The van der Waals surface area contributed by atoms with E-state index in [4.69, 9.17) is 0 Å². The van der Waals surface area contributed by atoms with Crippen molar-refractivity contribution in [3.05, 3.63) is 65.0 Å². The van der Waals surface area contributed by atoms with Crippen LogP contribution in [0.3, 0.4) is 0 Å². The Kier molecular flexibility index (Phi) is 3.79. The highest BCUT2D eigenvalue weighted by Crippen LogP contribution is 2.24. The van der Waals surface area contributed by atoms with Crippen molar-refractivity contribution in [3.8, 4) is 0 Å². The maximum absolute atomic E-state index is 13.6. The van der Waals surface area contributed by atoms with Crippen molar-refractivity contribution in [2.75, 3.05) is 5.32 Å². The Morgan fingerprint density at radius 3 is 2.42 bits per heavy atom. The summed E-state index contributed by atoms with van der Waals surface area (Å²) in [4.78, 5) is 0. The van der Waals surface area contributed by atoms with E-state index >= 15 is 0 Å². The predicted octanol–water partition coefficient (Wildman–Crippen LogP) is 4.59. The van der Waals surface area contributed by atoms with Crippen LogP contribution in [-0.2, 0) is 0 Å². The zero-order valence-corrected chi connectivity index (χ0v) is 10.7. The second kappa shape index (κ2) is 5.34. The van der Waals surface area contributed by atoms with Crippen LogP contribution in [0, 0.1) is 24.4 Å². The van der Waals surface area contributed by atoms with Crippen LogP contribution < -0.4 is 5.32 Å². The molecule has 0 spiro atoms. The van der Waals surface area contributed by atoms with Gasteiger partial charge in [0.25, 0.3) is 0 Å². The van der Waals surface area contributed by atoms with Gasteiger partial charge in [-0.2, -0.15) is 0 Å². The summed E-state index contributed by atoms with van der Waals surface area (Å²) in [6.45, 7) is 3.37. The molecule has 0 amide bonds. The van der Waals surface area contributed by atoms with E-state index in [1.165, 1.54) is 18.2 Å². The Morgan fingerprint density at radius 2 is 1.74 bits per heavy atom. The van der Waals surface area contributed by atoms with Crippen LogP contribution in [-0.4, -0.2) is 0 Å². The maximum atomic E-state index is 13.6. The quantitative estimate of drug-likeness (QED) is 0.856. The highest BCUT2D eigenvalue weighted by atomic mass is 19.2. The number of anilines is 1. The molecule has 0 radical (unpaired) electrons. The SMILES string of the molecule is Cc1cc(NC(C)c2cccc(F)c2F)ccc1F. The summed E-state index contributed by atoms with van der Waals surface area (Å²) in [5.74, 6) is -2.03. The first-order chi connectivity index (χ1) is 8.99. The molecule has 0 heterocycles. The van der Waals surface area contributed by atoms with E-state index in [0.29, 0.717) is 11.3 Å². The largest absolute Gasteiger partial charge is 0.378 e. The third kappa shape index (κ3) is 2.89. The van der Waals surface area contributed by atoms with E-state index < -0.39 is 17.7 Å². The molecule has 0 bridgehead atoms. The van der Waals surface area contributed by atoms with E-state index in [0.717, 1.165) is 6.07 Å². The van der Waals surface area contributed by atoms with E-state index in [1.807, 2.05) is 0 Å². The first-order valence-electron chi connectivity index (χ1n) is 5.95. The minimum Gasteiger partial charge on any atom is -0.378 e. The van der Waals surface area contributed by atoms with Gasteiger partial charge in [-0.3, -0.25) is 0 Å². The average molecular weight is 265 g/mol. The molecule has 2 rings (SSSR count). The van der Waals surface area contributed by atoms with Gasteiger partial charge in [0.1, 0.15) is 5.82 Å². The summed E-state index contributed by atoms with van der Waals surface area (Å²) in [7, 11) is 0. The molecule has 0 aliphatic carbocycles. The molecule has 2 aromatic rings. The van der Waals surface area contributed by atoms with Crippen LogP contribution in [0.2, 0.25) is 0 Å². The second-order valence-corrected chi connectivity index (χ2v) is 4.47. The van der Waals surface area contributed by atoms with E-state index in [-0.39, 0.29) is 11.4 Å². The third-order valence-electron chi connectivity index (χ3n) is 2.99. The average Bonchev–Trinajstić information content (AvgIpc) is 2.37. The van der Waals surface area contributed by atoms with Crippen LogP contribution >= 0.6 is 0 Å². The zero-order chi connectivity index (χ0) is 14.0. The van der Waals surface area contributed by atoms with E-state index in [2.05, 4.69) is 5.32 Å². The van der Waals surface area contributed by atoms with Gasteiger partial charge in [0, 0.05) is 11.3 Å². The second-order valence-electron chi connectivity index (χ2n) is 4.47. The van der Waals surface area contributed by atoms with Crippen molar-refractivity contribution in [1.29, 1.82) is 0 Å². The molecule has 0 fully saturated rings. The van der Waals surface area contributed by atoms with Gasteiger partial charge in [-0.25, -0.2) is 13.2 Å². The predicted molar refractivity (Wildman–Crippen MR) is 69.5 cm³/mol. The summed E-state index contributed by atoms with van der Waals surface area (Å²) in [6.07, 6.45) is 0. The number of hydrogen-bond donors (Lipinski definition) is 1. The normalized spacial score (nSPS) is 12.3. The summed E-state index contributed by atoms with van der Waals surface area (Å²) >= 11 is 0. The summed E-state index contributed by atoms with van der Waals surface area (Å²) in [5.41, 5.74) is 1.40. The minimum atomic E-state index is -0.874. The zero-order valence-electron chi connectivity index (χ0n) is 10.7. The van der Waals surface area contributed by atoms with Crippen LogP contribution in [0.15, 0.2) is 36.4 Å². The first-order valence-corrected chi connectivity index (χ1v) is 5.95. The number of halogens is 3. The van der Waals surface area contributed by atoms with Gasteiger partial charge in [-0.1, -0.05) is 12.1 Å². The third-order valence-corrected chi connectivity index (χ3v) is 2.99. The van der Waals surface area contributed by atoms with E-state index in [1.54, 1.807) is 26.0 Å². The lowest BCUT2D eigenvalue weighted by Crippen LogP contribution is -2.09. The maximum Gasteiger partial charge on any atom is 0.164 e. The minimum absolute atomic E-state index is 0.238. The number of benzene rings is 2. The van der Waals surface area contributed by atoms with Gasteiger partial charge < -0.3 is 5.32 Å². The highest BCUT2D eigenvalue weighted by molar-refractivity contribution is 5.48. The molecular formula is C15H14F3N. The van der Waals surface area contributed by atoms with Crippen molar-refractivity contribution >= 4 is 5.69 Å². The fraction of sp³-hybridized carbons (Fsp3) is 0.200.